The predicted octanol–water partition coefficient (Wildman–Crippen LogP) is 3.76. The Balaban J connectivity index is 1.56. The lowest BCUT2D eigenvalue weighted by Crippen LogP contribution is -2.40. The lowest BCUT2D eigenvalue weighted by Gasteiger charge is -2.26. The third-order valence-electron chi connectivity index (χ3n) is 7.28. The Bertz CT molecular complexity index is 1230. The summed E-state index contributed by atoms with van der Waals surface area (Å²) in [5.41, 5.74) is 5.32. The van der Waals surface area contributed by atoms with Crippen molar-refractivity contribution in [3.05, 3.63) is 46.8 Å². The van der Waals surface area contributed by atoms with E-state index in [1.54, 1.807) is 30.1 Å². The van der Waals surface area contributed by atoms with E-state index in [-0.39, 0.29) is 10.8 Å². The number of carbonyl (C=O) groups is 1. The number of morpholine rings is 1. The van der Waals surface area contributed by atoms with Crippen molar-refractivity contribution < 1.29 is 17.9 Å². The minimum atomic E-state index is -3.64. The first-order valence-corrected chi connectivity index (χ1v) is 13.1. The van der Waals surface area contributed by atoms with Crippen LogP contribution in [0.25, 0.3) is 11.6 Å². The third kappa shape index (κ3) is 3.74. The first-order chi connectivity index (χ1) is 15.8. The van der Waals surface area contributed by atoms with Gasteiger partial charge in [-0.05, 0) is 62.6 Å². The molecule has 8 heteroatoms. The van der Waals surface area contributed by atoms with Gasteiger partial charge >= 0.3 is 0 Å². The van der Waals surface area contributed by atoms with Gasteiger partial charge in [0.25, 0.3) is 5.91 Å². The molecule has 0 atom stereocenters. The molecular formula is C25H31N3O4S. The van der Waals surface area contributed by atoms with E-state index in [1.807, 2.05) is 6.08 Å². The van der Waals surface area contributed by atoms with E-state index >= 15 is 0 Å². The van der Waals surface area contributed by atoms with Crippen LogP contribution < -0.4 is 4.90 Å². The fourth-order valence-electron chi connectivity index (χ4n) is 5.49. The van der Waals surface area contributed by atoms with Crippen LogP contribution in [0.5, 0.6) is 0 Å². The maximum Gasteiger partial charge on any atom is 0.258 e. The van der Waals surface area contributed by atoms with Crippen LogP contribution in [-0.2, 0) is 19.6 Å². The minimum Gasteiger partial charge on any atom is -0.379 e. The maximum atomic E-state index is 13.2. The molecule has 0 spiro atoms. The molecule has 2 aliphatic heterocycles. The number of sulfonamides is 1. The molecule has 176 valence electrons. The second kappa shape index (κ2) is 8.42. The summed E-state index contributed by atoms with van der Waals surface area (Å²) in [4.78, 5) is 15.0. The smallest absolute Gasteiger partial charge is 0.258 e. The highest BCUT2D eigenvalue weighted by Crippen LogP contribution is 2.40. The quantitative estimate of drug-likeness (QED) is 0.640. The molecule has 2 aromatic rings. The van der Waals surface area contributed by atoms with E-state index in [0.29, 0.717) is 43.5 Å². The summed E-state index contributed by atoms with van der Waals surface area (Å²) in [5, 5.41) is 0. The number of aryl methyl sites for hydroxylation is 1. The standard InChI is InChI=1S/C25H31N3O4S/c1-17-14-19(18(2)28(17)20-6-4-5-7-20)15-23-22-16-21(8-9-24(22)26(3)25(23)29)33(30,31)27-10-12-32-13-11-27/h8-9,14-16,20H,4-7,10-13H2,1-3H3/b23-15-. The molecule has 3 heterocycles. The number of benzene rings is 1. The topological polar surface area (TPSA) is 71.8 Å². The van der Waals surface area contributed by atoms with Crippen LogP contribution in [0, 0.1) is 13.8 Å². The molecule has 7 nitrogen and oxygen atoms in total. The van der Waals surface area contributed by atoms with Crippen molar-refractivity contribution in [1.29, 1.82) is 0 Å². The molecule has 5 rings (SSSR count). The number of carbonyl (C=O) groups excluding carboxylic acids is 1. The monoisotopic (exact) mass is 469 g/mol. The van der Waals surface area contributed by atoms with Gasteiger partial charge in [-0.25, -0.2) is 8.42 Å². The summed E-state index contributed by atoms with van der Waals surface area (Å²) >= 11 is 0. The molecule has 3 aliphatic rings. The molecule has 0 bridgehead atoms. The molecule has 0 radical (unpaired) electrons. The maximum absolute atomic E-state index is 13.2. The van der Waals surface area contributed by atoms with Crippen LogP contribution >= 0.6 is 0 Å². The van der Waals surface area contributed by atoms with Crippen LogP contribution in [0.2, 0.25) is 0 Å². The van der Waals surface area contributed by atoms with Gasteiger partial charge in [-0.1, -0.05) is 12.8 Å². The van der Waals surface area contributed by atoms with Crippen molar-refractivity contribution in [2.45, 2.75) is 50.5 Å². The summed E-state index contributed by atoms with van der Waals surface area (Å²) in [5.74, 6) is -0.114. The number of amides is 1. The highest BCUT2D eigenvalue weighted by molar-refractivity contribution is 7.89. The number of rotatable bonds is 4. The third-order valence-corrected chi connectivity index (χ3v) is 9.17. The molecular weight excluding hydrogens is 438 g/mol. The van der Waals surface area contributed by atoms with Crippen molar-refractivity contribution in [2.24, 2.45) is 0 Å². The number of hydrogen-bond acceptors (Lipinski definition) is 4. The zero-order valence-corrected chi connectivity index (χ0v) is 20.3. The van der Waals surface area contributed by atoms with Gasteiger partial charge in [-0.2, -0.15) is 4.31 Å². The average Bonchev–Trinajstić information content (AvgIpc) is 3.49. The van der Waals surface area contributed by atoms with Crippen molar-refractivity contribution in [3.63, 3.8) is 0 Å². The lowest BCUT2D eigenvalue weighted by atomic mass is 10.0. The van der Waals surface area contributed by atoms with Gasteiger partial charge in [0.05, 0.1) is 23.8 Å². The second-order valence-corrected chi connectivity index (χ2v) is 11.2. The fraction of sp³-hybridized carbons (Fsp3) is 0.480. The molecule has 1 aliphatic carbocycles. The van der Waals surface area contributed by atoms with E-state index in [1.165, 1.54) is 35.7 Å². The molecule has 1 aromatic carbocycles. The average molecular weight is 470 g/mol. The predicted molar refractivity (Wildman–Crippen MR) is 129 cm³/mol. The Morgan fingerprint density at radius 3 is 2.45 bits per heavy atom. The summed E-state index contributed by atoms with van der Waals surface area (Å²) in [6.07, 6.45) is 6.84. The number of anilines is 1. The molecule has 33 heavy (non-hydrogen) atoms. The van der Waals surface area contributed by atoms with Crippen molar-refractivity contribution >= 4 is 33.3 Å². The van der Waals surface area contributed by atoms with Gasteiger partial charge < -0.3 is 14.2 Å². The van der Waals surface area contributed by atoms with Crippen LogP contribution in [0.4, 0.5) is 5.69 Å². The largest absolute Gasteiger partial charge is 0.379 e. The minimum absolute atomic E-state index is 0.114. The lowest BCUT2D eigenvalue weighted by molar-refractivity contribution is -0.112. The highest BCUT2D eigenvalue weighted by Gasteiger charge is 2.33. The van der Waals surface area contributed by atoms with Gasteiger partial charge in [0, 0.05) is 48.7 Å². The van der Waals surface area contributed by atoms with Gasteiger partial charge in [0.1, 0.15) is 0 Å². The number of aromatic nitrogens is 1. The number of ether oxygens (including phenoxy) is 1. The summed E-state index contributed by atoms with van der Waals surface area (Å²) in [6.45, 7) is 5.71. The Morgan fingerprint density at radius 2 is 1.76 bits per heavy atom. The molecule has 1 amide bonds. The number of fused-ring (bicyclic) bond motifs is 1. The molecule has 1 saturated carbocycles. The Hall–Kier alpha value is -2.42. The summed E-state index contributed by atoms with van der Waals surface area (Å²) in [6, 6.07) is 7.66. The highest BCUT2D eigenvalue weighted by atomic mass is 32.2. The second-order valence-electron chi connectivity index (χ2n) is 9.25. The zero-order valence-electron chi connectivity index (χ0n) is 19.5. The van der Waals surface area contributed by atoms with Gasteiger partial charge in [0.15, 0.2) is 0 Å². The van der Waals surface area contributed by atoms with Crippen LogP contribution in [0.3, 0.4) is 0 Å². The van der Waals surface area contributed by atoms with Gasteiger partial charge in [-0.3, -0.25) is 4.79 Å². The van der Waals surface area contributed by atoms with Crippen molar-refractivity contribution in [3.8, 4) is 0 Å². The molecule has 1 saturated heterocycles. The molecule has 0 N–H and O–H groups in total. The SMILES string of the molecule is Cc1cc(/C=C2\C(=O)N(C)c3ccc(S(=O)(=O)N4CCOCC4)cc32)c(C)n1C1CCCC1. The normalized spacial score (nSPS) is 21.4. The van der Waals surface area contributed by atoms with E-state index in [0.717, 1.165) is 16.9 Å². The van der Waals surface area contributed by atoms with Crippen molar-refractivity contribution in [2.75, 3.05) is 38.3 Å². The molecule has 1 aromatic heterocycles. The van der Waals surface area contributed by atoms with E-state index < -0.39 is 10.0 Å². The van der Waals surface area contributed by atoms with Crippen LogP contribution in [-0.4, -0.2) is 56.5 Å². The summed E-state index contributed by atoms with van der Waals surface area (Å²) < 4.78 is 35.6. The first-order valence-electron chi connectivity index (χ1n) is 11.7. The Kier molecular flexibility index (Phi) is 5.71. The Labute approximate surface area is 195 Å². The molecule has 2 fully saturated rings. The van der Waals surface area contributed by atoms with E-state index in [2.05, 4.69) is 24.5 Å². The number of hydrogen-bond donors (Lipinski definition) is 0. The van der Waals surface area contributed by atoms with Gasteiger partial charge in [0.2, 0.25) is 10.0 Å². The number of nitrogens with zero attached hydrogens (tertiary/aromatic N) is 3. The first kappa shape index (κ1) is 22.4. The van der Waals surface area contributed by atoms with Crippen molar-refractivity contribution in [1.82, 2.24) is 8.87 Å². The fourth-order valence-corrected chi connectivity index (χ4v) is 6.93. The molecule has 0 unspecified atom stereocenters. The van der Waals surface area contributed by atoms with E-state index in [9.17, 15) is 13.2 Å². The Morgan fingerprint density at radius 1 is 1.06 bits per heavy atom. The zero-order chi connectivity index (χ0) is 23.3. The van der Waals surface area contributed by atoms with E-state index in [4.69, 9.17) is 4.74 Å². The van der Waals surface area contributed by atoms with Gasteiger partial charge in [-0.15, -0.1) is 0 Å². The van der Waals surface area contributed by atoms with Crippen LogP contribution in [0.1, 0.15) is 54.2 Å². The number of likely N-dealkylation sites (N-methyl/N-ethyl adjacent to an activating group) is 1. The van der Waals surface area contributed by atoms with Crippen LogP contribution in [0.15, 0.2) is 29.2 Å². The summed E-state index contributed by atoms with van der Waals surface area (Å²) in [7, 11) is -1.91.